The summed E-state index contributed by atoms with van der Waals surface area (Å²) in [5.74, 6) is -1.88. The molecule has 0 aliphatic carbocycles. The summed E-state index contributed by atoms with van der Waals surface area (Å²) in [6.45, 7) is 2.06. The van der Waals surface area contributed by atoms with Gasteiger partial charge in [0.15, 0.2) is 0 Å². The standard InChI is InChI=1S/C18H22F4N2O3/c1-2-27-16(25)15(19)7-5-3-4-6-12-23-17(26)24-14-10-8-13(9-11-14)18(20,21)22/h7-11H,2-6,12H2,1H3,(H2,23,24,26)/b15-7-. The second kappa shape index (κ2) is 11.2. The molecule has 0 aliphatic heterocycles. The predicted molar refractivity (Wildman–Crippen MR) is 92.8 cm³/mol. The molecule has 0 fully saturated rings. The van der Waals surface area contributed by atoms with Crippen LogP contribution in [0.15, 0.2) is 36.2 Å². The van der Waals surface area contributed by atoms with Crippen LogP contribution in [0, 0.1) is 0 Å². The summed E-state index contributed by atoms with van der Waals surface area (Å²) in [5.41, 5.74) is -0.540. The van der Waals surface area contributed by atoms with Crippen molar-refractivity contribution in [3.63, 3.8) is 0 Å². The molecule has 9 heteroatoms. The molecule has 2 amide bonds. The largest absolute Gasteiger partial charge is 0.461 e. The maximum absolute atomic E-state index is 13.2. The number of allylic oxidation sites excluding steroid dienone is 1. The molecule has 0 aliphatic rings. The third-order valence-electron chi connectivity index (χ3n) is 3.43. The minimum Gasteiger partial charge on any atom is -0.461 e. The van der Waals surface area contributed by atoms with Crippen molar-refractivity contribution in [1.82, 2.24) is 5.32 Å². The van der Waals surface area contributed by atoms with Crippen molar-refractivity contribution in [3.8, 4) is 0 Å². The lowest BCUT2D eigenvalue weighted by atomic mass is 10.2. The summed E-state index contributed by atoms with van der Waals surface area (Å²) in [6, 6.07) is 3.60. The number of carbonyl (C=O) groups excluding carboxylic acids is 2. The van der Waals surface area contributed by atoms with Crippen LogP contribution in [0.3, 0.4) is 0 Å². The molecule has 0 unspecified atom stereocenters. The Morgan fingerprint density at radius 1 is 1.11 bits per heavy atom. The second-order valence-electron chi connectivity index (χ2n) is 5.58. The maximum Gasteiger partial charge on any atom is 0.416 e. The number of ether oxygens (including phenoxy) is 1. The second-order valence-corrected chi connectivity index (χ2v) is 5.58. The summed E-state index contributed by atoms with van der Waals surface area (Å²) >= 11 is 0. The summed E-state index contributed by atoms with van der Waals surface area (Å²) < 4.78 is 55.1. The highest BCUT2D eigenvalue weighted by atomic mass is 19.4. The van der Waals surface area contributed by atoms with Gasteiger partial charge in [-0.1, -0.05) is 6.42 Å². The van der Waals surface area contributed by atoms with Gasteiger partial charge < -0.3 is 15.4 Å². The molecule has 1 rings (SSSR count). The Balaban J connectivity index is 2.19. The smallest absolute Gasteiger partial charge is 0.416 e. The van der Waals surface area contributed by atoms with Gasteiger partial charge >= 0.3 is 18.2 Å². The first-order valence-corrected chi connectivity index (χ1v) is 8.49. The van der Waals surface area contributed by atoms with E-state index in [1.54, 1.807) is 6.92 Å². The number of alkyl halides is 3. The molecule has 2 N–H and O–H groups in total. The number of esters is 1. The van der Waals surface area contributed by atoms with E-state index in [1.807, 2.05) is 0 Å². The highest BCUT2D eigenvalue weighted by molar-refractivity contribution is 5.89. The molecule has 5 nitrogen and oxygen atoms in total. The highest BCUT2D eigenvalue weighted by Crippen LogP contribution is 2.29. The molecule has 0 atom stereocenters. The van der Waals surface area contributed by atoms with Crippen molar-refractivity contribution in [2.24, 2.45) is 0 Å². The number of halogens is 4. The normalized spacial score (nSPS) is 11.8. The number of rotatable bonds is 9. The van der Waals surface area contributed by atoms with Gasteiger partial charge in [0.2, 0.25) is 5.83 Å². The Morgan fingerprint density at radius 2 is 1.78 bits per heavy atom. The van der Waals surface area contributed by atoms with Crippen LogP contribution in [0.25, 0.3) is 0 Å². The number of unbranched alkanes of at least 4 members (excludes halogenated alkanes) is 3. The van der Waals surface area contributed by atoms with E-state index in [1.165, 1.54) is 18.2 Å². The van der Waals surface area contributed by atoms with E-state index in [0.717, 1.165) is 12.1 Å². The van der Waals surface area contributed by atoms with Crippen molar-refractivity contribution < 1.29 is 31.9 Å². The molecular formula is C18H22F4N2O3. The SMILES string of the molecule is CCOC(=O)/C(F)=C/CCCCCNC(=O)Nc1ccc(C(F)(F)F)cc1. The van der Waals surface area contributed by atoms with Gasteiger partial charge in [-0.25, -0.2) is 9.59 Å². The molecule has 0 spiro atoms. The predicted octanol–water partition coefficient (Wildman–Crippen LogP) is 4.80. The third kappa shape index (κ3) is 9.07. The maximum atomic E-state index is 13.2. The van der Waals surface area contributed by atoms with Gasteiger partial charge in [0, 0.05) is 12.2 Å². The zero-order valence-electron chi connectivity index (χ0n) is 14.9. The molecule has 0 radical (unpaired) electrons. The molecule has 1 aromatic rings. The molecular weight excluding hydrogens is 368 g/mol. The van der Waals surface area contributed by atoms with Crippen LogP contribution in [0.5, 0.6) is 0 Å². The van der Waals surface area contributed by atoms with Gasteiger partial charge in [-0.2, -0.15) is 17.6 Å². The van der Waals surface area contributed by atoms with Crippen molar-refractivity contribution in [1.29, 1.82) is 0 Å². The van der Waals surface area contributed by atoms with Gasteiger partial charge in [-0.3, -0.25) is 0 Å². The monoisotopic (exact) mass is 390 g/mol. The van der Waals surface area contributed by atoms with Crippen LogP contribution in [0.1, 0.15) is 38.2 Å². The minimum atomic E-state index is -4.42. The summed E-state index contributed by atoms with van der Waals surface area (Å²) in [5, 5.41) is 5.01. The summed E-state index contributed by atoms with van der Waals surface area (Å²) in [4.78, 5) is 22.7. The Bertz CT molecular complexity index is 643. The van der Waals surface area contributed by atoms with Crippen molar-refractivity contribution in [3.05, 3.63) is 41.7 Å². The Morgan fingerprint density at radius 3 is 2.37 bits per heavy atom. The first-order valence-electron chi connectivity index (χ1n) is 8.49. The van der Waals surface area contributed by atoms with Gasteiger partial charge in [-0.15, -0.1) is 0 Å². The number of amides is 2. The third-order valence-corrected chi connectivity index (χ3v) is 3.43. The first-order chi connectivity index (χ1) is 12.7. The van der Waals surface area contributed by atoms with E-state index in [-0.39, 0.29) is 12.3 Å². The van der Waals surface area contributed by atoms with E-state index in [9.17, 15) is 27.2 Å². The number of benzene rings is 1. The lowest BCUT2D eigenvalue weighted by Gasteiger charge is -2.09. The number of anilines is 1. The average molecular weight is 390 g/mol. The number of carbonyl (C=O) groups is 2. The topological polar surface area (TPSA) is 67.4 Å². The van der Waals surface area contributed by atoms with E-state index in [0.29, 0.717) is 32.2 Å². The fraction of sp³-hybridized carbons (Fsp3) is 0.444. The highest BCUT2D eigenvalue weighted by Gasteiger charge is 2.29. The van der Waals surface area contributed by atoms with Crippen molar-refractivity contribution >= 4 is 17.7 Å². The molecule has 1 aromatic carbocycles. The van der Waals surface area contributed by atoms with Crippen molar-refractivity contribution in [2.75, 3.05) is 18.5 Å². The van der Waals surface area contributed by atoms with Crippen LogP contribution >= 0.6 is 0 Å². The van der Waals surface area contributed by atoms with Crippen LogP contribution in [0.4, 0.5) is 28.0 Å². The fourth-order valence-corrected chi connectivity index (χ4v) is 2.08. The van der Waals surface area contributed by atoms with Crippen molar-refractivity contribution in [2.45, 2.75) is 38.8 Å². The lowest BCUT2D eigenvalue weighted by molar-refractivity contribution is -0.140. The van der Waals surface area contributed by atoms with Crippen LogP contribution in [-0.2, 0) is 15.7 Å². The Hall–Kier alpha value is -2.58. The lowest BCUT2D eigenvalue weighted by Crippen LogP contribution is -2.29. The van der Waals surface area contributed by atoms with E-state index < -0.39 is 29.6 Å². The van der Waals surface area contributed by atoms with Gasteiger partial charge in [-0.05, 0) is 56.5 Å². The van der Waals surface area contributed by atoms with E-state index in [2.05, 4.69) is 15.4 Å². The molecule has 0 saturated heterocycles. The fourth-order valence-electron chi connectivity index (χ4n) is 2.08. The van der Waals surface area contributed by atoms with E-state index in [4.69, 9.17) is 0 Å². The molecule has 0 bridgehead atoms. The number of urea groups is 1. The van der Waals surface area contributed by atoms with Gasteiger partial charge in [0.25, 0.3) is 0 Å². The van der Waals surface area contributed by atoms with E-state index >= 15 is 0 Å². The van der Waals surface area contributed by atoms with Crippen LogP contribution in [-0.4, -0.2) is 25.2 Å². The molecule has 0 heterocycles. The number of hydrogen-bond donors (Lipinski definition) is 2. The Labute approximate surface area is 154 Å². The average Bonchev–Trinajstić information content (AvgIpc) is 2.60. The molecule has 0 aromatic heterocycles. The number of nitrogens with one attached hydrogen (secondary N) is 2. The van der Waals surface area contributed by atoms with Crippen LogP contribution < -0.4 is 10.6 Å². The van der Waals surface area contributed by atoms with Crippen LogP contribution in [0.2, 0.25) is 0 Å². The molecule has 0 saturated carbocycles. The molecule has 27 heavy (non-hydrogen) atoms. The Kier molecular flexibility index (Phi) is 9.32. The first kappa shape index (κ1) is 22.5. The quantitative estimate of drug-likeness (QED) is 0.275. The minimum absolute atomic E-state index is 0.111. The zero-order valence-corrected chi connectivity index (χ0v) is 14.9. The number of hydrogen-bond acceptors (Lipinski definition) is 3. The van der Waals surface area contributed by atoms with Gasteiger partial charge in [0.1, 0.15) is 0 Å². The molecule has 150 valence electrons. The summed E-state index contributed by atoms with van der Waals surface area (Å²) in [6.07, 6.45) is -0.905. The zero-order chi connectivity index (χ0) is 20.3. The van der Waals surface area contributed by atoms with Gasteiger partial charge in [0.05, 0.1) is 12.2 Å². The summed E-state index contributed by atoms with van der Waals surface area (Å²) in [7, 11) is 0.